The monoisotopic (exact) mass is 429 g/mol. The van der Waals surface area contributed by atoms with Gasteiger partial charge >= 0.3 is 0 Å². The second-order valence-electron chi connectivity index (χ2n) is 6.44. The average molecular weight is 430 g/mol. The standard InChI is InChI=1S/C20H20ClN5O2S/c1-12-3-5-13(6-4-12)18-24-25-20(29)26(18)10-9-17(27)23-14-7-8-16(21)15(11-14)19(28)22-2/h3-8,11H,9-10H2,1-2H3,(H,22,28)(H,23,27)(H,25,29). The molecule has 0 saturated heterocycles. The van der Waals surface area contributed by atoms with Crippen LogP contribution in [0, 0.1) is 11.7 Å². The number of aryl methyl sites for hydroxylation is 1. The summed E-state index contributed by atoms with van der Waals surface area (Å²) in [6.45, 7) is 2.37. The van der Waals surface area contributed by atoms with Gasteiger partial charge < -0.3 is 10.6 Å². The van der Waals surface area contributed by atoms with E-state index in [1.54, 1.807) is 22.8 Å². The Morgan fingerprint density at radius 1 is 1.21 bits per heavy atom. The Morgan fingerprint density at radius 2 is 1.93 bits per heavy atom. The molecule has 29 heavy (non-hydrogen) atoms. The number of halogens is 1. The molecule has 150 valence electrons. The second-order valence-corrected chi connectivity index (χ2v) is 7.24. The first-order chi connectivity index (χ1) is 13.9. The minimum absolute atomic E-state index is 0.185. The van der Waals surface area contributed by atoms with Crippen molar-refractivity contribution in [3.05, 3.63) is 63.4 Å². The van der Waals surface area contributed by atoms with E-state index in [0.717, 1.165) is 11.1 Å². The van der Waals surface area contributed by atoms with Gasteiger partial charge in [0.15, 0.2) is 10.6 Å². The number of nitrogens with zero attached hydrogens (tertiary/aromatic N) is 2. The average Bonchev–Trinajstić information content (AvgIpc) is 3.08. The summed E-state index contributed by atoms with van der Waals surface area (Å²) in [5, 5.41) is 12.7. The fraction of sp³-hybridized carbons (Fsp3) is 0.200. The van der Waals surface area contributed by atoms with Crippen LogP contribution < -0.4 is 10.6 Å². The number of rotatable bonds is 6. The van der Waals surface area contributed by atoms with Gasteiger partial charge in [-0.15, -0.1) is 0 Å². The van der Waals surface area contributed by atoms with E-state index >= 15 is 0 Å². The van der Waals surface area contributed by atoms with E-state index in [4.69, 9.17) is 23.8 Å². The number of amides is 2. The maximum absolute atomic E-state index is 12.4. The number of nitrogens with one attached hydrogen (secondary N) is 3. The van der Waals surface area contributed by atoms with Crippen molar-refractivity contribution in [1.29, 1.82) is 0 Å². The van der Waals surface area contributed by atoms with E-state index in [9.17, 15) is 9.59 Å². The topological polar surface area (TPSA) is 91.8 Å². The number of aromatic amines is 1. The van der Waals surface area contributed by atoms with Gasteiger partial charge in [0.1, 0.15) is 0 Å². The van der Waals surface area contributed by atoms with E-state index in [0.29, 0.717) is 33.4 Å². The molecule has 0 fully saturated rings. The smallest absolute Gasteiger partial charge is 0.252 e. The highest BCUT2D eigenvalue weighted by atomic mass is 35.5. The number of hydrogen-bond donors (Lipinski definition) is 3. The molecule has 0 bridgehead atoms. The molecule has 9 heteroatoms. The molecule has 3 aromatic rings. The summed E-state index contributed by atoms with van der Waals surface area (Å²) in [6, 6.07) is 12.7. The molecule has 0 saturated carbocycles. The lowest BCUT2D eigenvalue weighted by atomic mass is 10.1. The summed E-state index contributed by atoms with van der Waals surface area (Å²) in [6.07, 6.45) is 0.185. The zero-order valence-corrected chi connectivity index (χ0v) is 17.5. The number of aromatic nitrogens is 3. The minimum atomic E-state index is -0.321. The van der Waals surface area contributed by atoms with Crippen molar-refractivity contribution in [1.82, 2.24) is 20.1 Å². The number of H-pyrrole nitrogens is 1. The molecule has 0 spiro atoms. The normalized spacial score (nSPS) is 10.6. The lowest BCUT2D eigenvalue weighted by Gasteiger charge is -2.10. The van der Waals surface area contributed by atoms with Crippen LogP contribution in [-0.2, 0) is 11.3 Å². The van der Waals surface area contributed by atoms with Crippen molar-refractivity contribution in [2.24, 2.45) is 0 Å². The summed E-state index contributed by atoms with van der Waals surface area (Å²) < 4.78 is 2.24. The molecule has 0 aliphatic carbocycles. The highest BCUT2D eigenvalue weighted by molar-refractivity contribution is 7.71. The molecule has 0 aliphatic rings. The van der Waals surface area contributed by atoms with Crippen molar-refractivity contribution >= 4 is 41.3 Å². The minimum Gasteiger partial charge on any atom is -0.355 e. The zero-order chi connectivity index (χ0) is 21.0. The first kappa shape index (κ1) is 20.8. The predicted octanol–water partition coefficient (Wildman–Crippen LogP) is 3.96. The van der Waals surface area contributed by atoms with Crippen molar-refractivity contribution in [3.63, 3.8) is 0 Å². The van der Waals surface area contributed by atoms with Gasteiger partial charge in [-0.05, 0) is 37.3 Å². The summed E-state index contributed by atoms with van der Waals surface area (Å²) >= 11 is 11.3. The zero-order valence-electron chi connectivity index (χ0n) is 16.0. The van der Waals surface area contributed by atoms with E-state index < -0.39 is 0 Å². The van der Waals surface area contributed by atoms with E-state index in [1.165, 1.54) is 7.05 Å². The van der Waals surface area contributed by atoms with E-state index in [2.05, 4.69) is 20.8 Å². The fourth-order valence-corrected chi connectivity index (χ4v) is 3.22. The third-order valence-corrected chi connectivity index (χ3v) is 4.99. The molecular weight excluding hydrogens is 410 g/mol. The number of carbonyl (C=O) groups excluding carboxylic acids is 2. The van der Waals surface area contributed by atoms with Crippen LogP contribution in [0.25, 0.3) is 11.4 Å². The summed E-state index contributed by atoms with van der Waals surface area (Å²) in [7, 11) is 1.52. The molecule has 7 nitrogen and oxygen atoms in total. The third kappa shape index (κ3) is 4.90. The van der Waals surface area contributed by atoms with Gasteiger partial charge in [-0.25, -0.2) is 0 Å². The van der Waals surface area contributed by atoms with Crippen molar-refractivity contribution in [3.8, 4) is 11.4 Å². The Kier molecular flexibility index (Phi) is 6.46. The molecular formula is C20H20ClN5O2S. The highest BCUT2D eigenvalue weighted by Gasteiger charge is 2.13. The summed E-state index contributed by atoms with van der Waals surface area (Å²) in [5.74, 6) is 0.142. The number of hydrogen-bond acceptors (Lipinski definition) is 4. The van der Waals surface area contributed by atoms with Gasteiger partial charge in [0.05, 0.1) is 10.6 Å². The van der Waals surface area contributed by atoms with Crippen LogP contribution in [0.3, 0.4) is 0 Å². The molecule has 0 aliphatic heterocycles. The van der Waals surface area contributed by atoms with Crippen molar-refractivity contribution in [2.45, 2.75) is 19.9 Å². The Bertz CT molecular complexity index is 1100. The number of anilines is 1. The van der Waals surface area contributed by atoms with E-state index in [-0.39, 0.29) is 18.2 Å². The Balaban J connectivity index is 1.71. The van der Waals surface area contributed by atoms with Gasteiger partial charge in [-0.3, -0.25) is 19.3 Å². The van der Waals surface area contributed by atoms with Crippen LogP contribution in [0.1, 0.15) is 22.3 Å². The van der Waals surface area contributed by atoms with Crippen molar-refractivity contribution in [2.75, 3.05) is 12.4 Å². The molecule has 2 aromatic carbocycles. The Hall–Kier alpha value is -2.97. The SMILES string of the molecule is CNC(=O)c1cc(NC(=O)CCn2c(-c3ccc(C)cc3)n[nH]c2=S)ccc1Cl. The first-order valence-corrected chi connectivity index (χ1v) is 9.71. The van der Waals surface area contributed by atoms with Gasteiger partial charge in [0.25, 0.3) is 5.91 Å². The molecule has 0 radical (unpaired) electrons. The summed E-state index contributed by atoms with van der Waals surface area (Å²) in [5.41, 5.74) is 2.85. The van der Waals surface area contributed by atoms with Gasteiger partial charge in [-0.1, -0.05) is 41.4 Å². The van der Waals surface area contributed by atoms with Crippen LogP contribution in [0.4, 0.5) is 5.69 Å². The Labute approximate surface area is 178 Å². The molecule has 0 atom stereocenters. The molecule has 2 amide bonds. The predicted molar refractivity (Wildman–Crippen MR) is 116 cm³/mol. The quantitative estimate of drug-likeness (QED) is 0.517. The van der Waals surface area contributed by atoms with Crippen molar-refractivity contribution < 1.29 is 9.59 Å². The fourth-order valence-electron chi connectivity index (χ4n) is 2.80. The molecule has 0 unspecified atom stereocenters. The molecule has 1 heterocycles. The third-order valence-electron chi connectivity index (χ3n) is 4.35. The van der Waals surface area contributed by atoms with E-state index in [1.807, 2.05) is 31.2 Å². The first-order valence-electron chi connectivity index (χ1n) is 8.92. The van der Waals surface area contributed by atoms with Crippen LogP contribution >= 0.6 is 23.8 Å². The lowest BCUT2D eigenvalue weighted by molar-refractivity contribution is -0.116. The molecule has 3 N–H and O–H groups in total. The maximum atomic E-state index is 12.4. The highest BCUT2D eigenvalue weighted by Crippen LogP contribution is 2.21. The summed E-state index contributed by atoms with van der Waals surface area (Å²) in [4.78, 5) is 24.3. The Morgan fingerprint density at radius 3 is 2.62 bits per heavy atom. The van der Waals surface area contributed by atoms with Gasteiger partial charge in [0.2, 0.25) is 5.91 Å². The second kappa shape index (κ2) is 9.02. The van der Waals surface area contributed by atoms with Gasteiger partial charge in [0, 0.05) is 31.3 Å². The maximum Gasteiger partial charge on any atom is 0.252 e. The van der Waals surface area contributed by atoms with Crippen LogP contribution in [0.2, 0.25) is 5.02 Å². The van der Waals surface area contributed by atoms with Gasteiger partial charge in [-0.2, -0.15) is 5.10 Å². The molecule has 1 aromatic heterocycles. The lowest BCUT2D eigenvalue weighted by Crippen LogP contribution is -2.19. The largest absolute Gasteiger partial charge is 0.355 e. The number of benzene rings is 2. The molecule has 3 rings (SSSR count). The van der Waals surface area contributed by atoms with Crippen LogP contribution in [0.15, 0.2) is 42.5 Å². The number of carbonyl (C=O) groups is 2. The van der Waals surface area contributed by atoms with Crippen LogP contribution in [0.5, 0.6) is 0 Å². The van der Waals surface area contributed by atoms with Crippen LogP contribution in [-0.4, -0.2) is 33.6 Å².